The molecule has 1 aromatic heterocycles. The molecule has 0 aliphatic rings. The maximum absolute atomic E-state index is 13.4. The maximum atomic E-state index is 13.4. The minimum atomic E-state index is -0.245. The van der Waals surface area contributed by atoms with E-state index in [0.29, 0.717) is 13.2 Å². The fourth-order valence-electron chi connectivity index (χ4n) is 2.09. The van der Waals surface area contributed by atoms with Crippen LogP contribution in [0.5, 0.6) is 0 Å². The summed E-state index contributed by atoms with van der Waals surface area (Å²) in [6, 6.07) is 4.88. The van der Waals surface area contributed by atoms with Crippen molar-refractivity contribution in [2.75, 3.05) is 20.3 Å². The first kappa shape index (κ1) is 16.1. The van der Waals surface area contributed by atoms with Gasteiger partial charge in [-0.1, -0.05) is 15.9 Å². The fraction of sp³-hybridized carbons (Fsp3) is 0.400. The van der Waals surface area contributed by atoms with Crippen LogP contribution in [0.3, 0.4) is 0 Å². The van der Waals surface area contributed by atoms with E-state index in [4.69, 9.17) is 4.74 Å². The molecule has 1 N–H and O–H groups in total. The third kappa shape index (κ3) is 4.62. The number of nitrogens with zero attached hydrogens (tertiary/aromatic N) is 2. The van der Waals surface area contributed by atoms with Crippen LogP contribution >= 0.6 is 15.9 Å². The zero-order valence-electron chi connectivity index (χ0n) is 12.2. The van der Waals surface area contributed by atoms with Crippen LogP contribution in [-0.4, -0.2) is 30.0 Å². The average molecular weight is 356 g/mol. The second-order valence-electron chi connectivity index (χ2n) is 4.86. The molecule has 0 spiro atoms. The fourth-order valence-corrected chi connectivity index (χ4v) is 2.60. The molecule has 114 valence electrons. The molecule has 0 bridgehead atoms. The molecule has 0 aliphatic carbocycles. The van der Waals surface area contributed by atoms with Crippen LogP contribution in [0.4, 0.5) is 4.39 Å². The van der Waals surface area contributed by atoms with Crippen LogP contribution in [-0.2, 0) is 17.8 Å². The van der Waals surface area contributed by atoms with E-state index in [1.54, 1.807) is 7.11 Å². The third-order valence-electron chi connectivity index (χ3n) is 3.26. The number of halogens is 2. The Morgan fingerprint density at radius 1 is 1.38 bits per heavy atom. The topological polar surface area (TPSA) is 39.1 Å². The molecule has 0 amide bonds. The van der Waals surface area contributed by atoms with Gasteiger partial charge in [0.2, 0.25) is 0 Å². The summed E-state index contributed by atoms with van der Waals surface area (Å²) in [4.78, 5) is 0. The molecule has 6 heteroatoms. The summed E-state index contributed by atoms with van der Waals surface area (Å²) in [5, 5.41) is 7.67. The summed E-state index contributed by atoms with van der Waals surface area (Å²) in [6.45, 7) is 4.82. The van der Waals surface area contributed by atoms with Gasteiger partial charge in [-0.25, -0.2) is 4.39 Å². The van der Waals surface area contributed by atoms with Crippen molar-refractivity contribution in [1.29, 1.82) is 0 Å². The molecule has 0 saturated carbocycles. The Bertz CT molecular complexity index is 580. The molecule has 21 heavy (non-hydrogen) atoms. The highest BCUT2D eigenvalue weighted by molar-refractivity contribution is 9.10. The van der Waals surface area contributed by atoms with Crippen molar-refractivity contribution < 1.29 is 9.13 Å². The van der Waals surface area contributed by atoms with Gasteiger partial charge in [-0.2, -0.15) is 5.10 Å². The lowest BCUT2D eigenvalue weighted by molar-refractivity contribution is 0.199. The van der Waals surface area contributed by atoms with E-state index in [1.165, 1.54) is 12.1 Å². The molecule has 4 nitrogen and oxygen atoms in total. The lowest BCUT2D eigenvalue weighted by Gasteiger charge is -2.07. The van der Waals surface area contributed by atoms with Gasteiger partial charge in [0, 0.05) is 35.9 Å². The number of aromatic nitrogens is 2. The van der Waals surface area contributed by atoms with Crippen LogP contribution in [0.1, 0.15) is 16.8 Å². The van der Waals surface area contributed by atoms with Gasteiger partial charge in [-0.3, -0.25) is 4.68 Å². The summed E-state index contributed by atoms with van der Waals surface area (Å²) in [7, 11) is 1.68. The number of ether oxygens (including phenoxy) is 1. The Morgan fingerprint density at radius 3 is 2.90 bits per heavy atom. The molecule has 1 aromatic carbocycles. The largest absolute Gasteiger partial charge is 0.383 e. The van der Waals surface area contributed by atoms with Gasteiger partial charge in [0.15, 0.2) is 0 Å². The summed E-state index contributed by atoms with van der Waals surface area (Å²) < 4.78 is 21.0. The molecule has 2 aromatic rings. The Labute approximate surface area is 132 Å². The van der Waals surface area contributed by atoms with Crippen molar-refractivity contribution in [1.82, 2.24) is 15.1 Å². The van der Waals surface area contributed by atoms with E-state index in [-0.39, 0.29) is 5.82 Å². The van der Waals surface area contributed by atoms with Crippen molar-refractivity contribution in [2.45, 2.75) is 20.0 Å². The number of hydrogen-bond acceptors (Lipinski definition) is 3. The normalized spacial score (nSPS) is 11.0. The van der Waals surface area contributed by atoms with Crippen LogP contribution < -0.4 is 5.32 Å². The quantitative estimate of drug-likeness (QED) is 0.776. The number of hydrogen-bond donors (Lipinski definition) is 1. The summed E-state index contributed by atoms with van der Waals surface area (Å²) in [5.74, 6) is -0.245. The second-order valence-corrected chi connectivity index (χ2v) is 5.78. The van der Waals surface area contributed by atoms with Crippen molar-refractivity contribution in [3.63, 3.8) is 0 Å². The molecular formula is C15H19BrFN3O. The van der Waals surface area contributed by atoms with E-state index in [2.05, 4.69) is 26.3 Å². The van der Waals surface area contributed by atoms with E-state index < -0.39 is 0 Å². The molecule has 0 saturated heterocycles. The standard InChI is InChI=1S/C15H19BrFN3O/c1-11-13(8-18-3-4-21-2)9-19-20(11)10-12-5-14(16)7-15(17)6-12/h5-7,9,18H,3-4,8,10H2,1-2H3. The number of nitrogens with one attached hydrogen (secondary N) is 1. The first-order valence-corrected chi connectivity index (χ1v) is 7.55. The summed E-state index contributed by atoms with van der Waals surface area (Å²) in [5.41, 5.74) is 3.11. The predicted molar refractivity (Wildman–Crippen MR) is 83.7 cm³/mol. The van der Waals surface area contributed by atoms with Gasteiger partial charge >= 0.3 is 0 Å². The first-order valence-electron chi connectivity index (χ1n) is 6.76. The Hall–Kier alpha value is -1.24. The highest BCUT2D eigenvalue weighted by Crippen LogP contribution is 2.17. The van der Waals surface area contributed by atoms with E-state index in [1.807, 2.05) is 23.9 Å². The molecule has 0 unspecified atom stereocenters. The van der Waals surface area contributed by atoms with Crippen molar-refractivity contribution in [3.8, 4) is 0 Å². The van der Waals surface area contributed by atoms with Crippen molar-refractivity contribution >= 4 is 15.9 Å². The molecule has 0 fully saturated rings. The van der Waals surface area contributed by atoms with E-state index in [9.17, 15) is 4.39 Å². The molecule has 2 rings (SSSR count). The zero-order chi connectivity index (χ0) is 15.2. The Kier molecular flexibility index (Phi) is 5.90. The van der Waals surface area contributed by atoms with Gasteiger partial charge < -0.3 is 10.1 Å². The lowest BCUT2D eigenvalue weighted by atomic mass is 10.2. The molecule has 0 radical (unpaired) electrons. The molecule has 1 heterocycles. The molecule has 0 atom stereocenters. The van der Waals surface area contributed by atoms with Gasteiger partial charge in [-0.15, -0.1) is 0 Å². The zero-order valence-corrected chi connectivity index (χ0v) is 13.8. The van der Waals surface area contributed by atoms with Crippen LogP contribution in [0, 0.1) is 12.7 Å². The predicted octanol–water partition coefficient (Wildman–Crippen LogP) is 2.88. The monoisotopic (exact) mass is 355 g/mol. The van der Waals surface area contributed by atoms with Crippen LogP contribution in [0.15, 0.2) is 28.9 Å². The van der Waals surface area contributed by atoms with Crippen LogP contribution in [0.2, 0.25) is 0 Å². The maximum Gasteiger partial charge on any atom is 0.124 e. The van der Waals surface area contributed by atoms with Gasteiger partial charge in [0.25, 0.3) is 0 Å². The van der Waals surface area contributed by atoms with Gasteiger partial charge in [-0.05, 0) is 30.7 Å². The Balaban J connectivity index is 2.02. The third-order valence-corrected chi connectivity index (χ3v) is 3.72. The highest BCUT2D eigenvalue weighted by atomic mass is 79.9. The number of rotatable bonds is 7. The van der Waals surface area contributed by atoms with E-state index in [0.717, 1.165) is 34.4 Å². The van der Waals surface area contributed by atoms with Gasteiger partial charge in [0.05, 0.1) is 19.3 Å². The second kappa shape index (κ2) is 7.68. The lowest BCUT2D eigenvalue weighted by Crippen LogP contribution is -2.18. The average Bonchev–Trinajstić information content (AvgIpc) is 2.75. The summed E-state index contributed by atoms with van der Waals surface area (Å²) in [6.07, 6.45) is 1.85. The minimum Gasteiger partial charge on any atom is -0.383 e. The van der Waals surface area contributed by atoms with Crippen molar-refractivity contribution in [3.05, 3.63) is 51.5 Å². The smallest absolute Gasteiger partial charge is 0.124 e. The van der Waals surface area contributed by atoms with Crippen LogP contribution in [0.25, 0.3) is 0 Å². The summed E-state index contributed by atoms with van der Waals surface area (Å²) >= 11 is 3.31. The molecular weight excluding hydrogens is 337 g/mol. The SMILES string of the molecule is COCCNCc1cnn(Cc2cc(F)cc(Br)c2)c1C. The molecule has 0 aliphatic heterocycles. The number of benzene rings is 1. The van der Waals surface area contributed by atoms with E-state index >= 15 is 0 Å². The van der Waals surface area contributed by atoms with Crippen molar-refractivity contribution in [2.24, 2.45) is 0 Å². The minimum absolute atomic E-state index is 0.245. The number of methoxy groups -OCH3 is 1. The highest BCUT2D eigenvalue weighted by Gasteiger charge is 2.07. The van der Waals surface area contributed by atoms with Gasteiger partial charge in [0.1, 0.15) is 5.82 Å². The first-order chi connectivity index (χ1) is 10.1. The Morgan fingerprint density at radius 2 is 2.19 bits per heavy atom.